The van der Waals surface area contributed by atoms with Crippen molar-refractivity contribution in [1.29, 1.82) is 0 Å². The first-order valence-corrected chi connectivity index (χ1v) is 11.3. The van der Waals surface area contributed by atoms with E-state index in [0.29, 0.717) is 11.1 Å². The lowest BCUT2D eigenvalue weighted by molar-refractivity contribution is -0.150. The molecule has 33 heavy (non-hydrogen) atoms. The molecule has 2 N–H and O–H groups in total. The summed E-state index contributed by atoms with van der Waals surface area (Å²) in [5.41, 5.74) is -0.538. The summed E-state index contributed by atoms with van der Waals surface area (Å²) in [6, 6.07) is 19.8. The molecule has 0 aliphatic carbocycles. The van der Waals surface area contributed by atoms with Crippen molar-refractivity contribution < 1.29 is 23.9 Å². The third-order valence-electron chi connectivity index (χ3n) is 5.95. The third kappa shape index (κ3) is 4.03. The van der Waals surface area contributed by atoms with Crippen LogP contribution in [0, 0.1) is 0 Å². The number of thiophene rings is 1. The fraction of sp³-hybridized carbons (Fsp3) is 0.240. The largest absolute Gasteiger partial charge is 0.468 e. The summed E-state index contributed by atoms with van der Waals surface area (Å²) < 4.78 is 10.4. The van der Waals surface area contributed by atoms with Gasteiger partial charge in [-0.1, -0.05) is 54.6 Å². The van der Waals surface area contributed by atoms with E-state index >= 15 is 0 Å². The SMILES string of the molecule is COC(=O)C1NC(c2cccs2)C(NC(=O)c2ccccc2)(C(=O)OC)C1c1ccccc1. The summed E-state index contributed by atoms with van der Waals surface area (Å²) in [5, 5.41) is 8.13. The average Bonchev–Trinajstić information content (AvgIpc) is 3.51. The molecule has 170 valence electrons. The Labute approximate surface area is 195 Å². The van der Waals surface area contributed by atoms with Crippen molar-refractivity contribution in [3.05, 3.63) is 94.2 Å². The highest BCUT2D eigenvalue weighted by atomic mass is 32.1. The number of methoxy groups -OCH3 is 2. The average molecular weight is 465 g/mol. The molecule has 1 aliphatic rings. The molecule has 0 saturated carbocycles. The number of carbonyl (C=O) groups excluding carboxylic acids is 3. The van der Waals surface area contributed by atoms with Gasteiger partial charge in [-0.25, -0.2) is 4.79 Å². The lowest BCUT2D eigenvalue weighted by Gasteiger charge is -2.38. The number of esters is 2. The van der Waals surface area contributed by atoms with Gasteiger partial charge in [0.1, 0.15) is 6.04 Å². The molecule has 1 saturated heterocycles. The minimum absolute atomic E-state index is 0.388. The highest BCUT2D eigenvalue weighted by Gasteiger charge is 2.64. The highest BCUT2D eigenvalue weighted by Crippen LogP contribution is 2.48. The number of carbonyl (C=O) groups is 3. The Morgan fingerprint density at radius 3 is 2.15 bits per heavy atom. The maximum Gasteiger partial charge on any atom is 0.334 e. The number of hydrogen-bond donors (Lipinski definition) is 2. The summed E-state index contributed by atoms with van der Waals surface area (Å²) in [7, 11) is 2.57. The van der Waals surface area contributed by atoms with E-state index in [0.717, 1.165) is 4.88 Å². The lowest BCUT2D eigenvalue weighted by atomic mass is 9.74. The zero-order valence-electron chi connectivity index (χ0n) is 18.2. The van der Waals surface area contributed by atoms with Crippen LogP contribution in [0.4, 0.5) is 0 Å². The molecular formula is C25H24N2O5S. The van der Waals surface area contributed by atoms with E-state index in [9.17, 15) is 14.4 Å². The molecule has 2 heterocycles. The number of hydrogen-bond acceptors (Lipinski definition) is 7. The van der Waals surface area contributed by atoms with Crippen molar-refractivity contribution in [3.8, 4) is 0 Å². The number of benzene rings is 2. The van der Waals surface area contributed by atoms with Gasteiger partial charge in [0.15, 0.2) is 5.54 Å². The van der Waals surface area contributed by atoms with Gasteiger partial charge in [-0.15, -0.1) is 11.3 Å². The van der Waals surface area contributed by atoms with Crippen LogP contribution in [-0.4, -0.2) is 43.6 Å². The van der Waals surface area contributed by atoms with Crippen LogP contribution in [0.5, 0.6) is 0 Å². The van der Waals surface area contributed by atoms with Gasteiger partial charge in [0.05, 0.1) is 20.3 Å². The normalized spacial score (nSPS) is 24.1. The number of amides is 1. The third-order valence-corrected chi connectivity index (χ3v) is 6.88. The Morgan fingerprint density at radius 2 is 1.58 bits per heavy atom. The molecule has 0 radical (unpaired) electrons. The standard InChI is InChI=1S/C25H24N2O5S/c1-31-23(29)20-19(16-10-5-3-6-11-16)25(24(30)32-2,21(26-20)18-14-9-15-33-18)27-22(28)17-12-7-4-8-13-17/h3-15,19-21,26H,1-2H3,(H,27,28). The van der Waals surface area contributed by atoms with E-state index in [-0.39, 0.29) is 0 Å². The molecule has 0 spiro atoms. The van der Waals surface area contributed by atoms with Crippen molar-refractivity contribution in [2.24, 2.45) is 0 Å². The van der Waals surface area contributed by atoms with Gasteiger partial charge in [0.25, 0.3) is 5.91 Å². The molecule has 1 fully saturated rings. The Balaban J connectivity index is 1.94. The van der Waals surface area contributed by atoms with Gasteiger partial charge in [-0.3, -0.25) is 14.9 Å². The van der Waals surface area contributed by atoms with E-state index in [1.165, 1.54) is 25.6 Å². The predicted molar refractivity (Wildman–Crippen MR) is 124 cm³/mol. The van der Waals surface area contributed by atoms with E-state index < -0.39 is 41.4 Å². The van der Waals surface area contributed by atoms with Crippen molar-refractivity contribution >= 4 is 29.2 Å². The first-order valence-electron chi connectivity index (χ1n) is 10.4. The molecule has 1 aliphatic heterocycles. The summed E-state index contributed by atoms with van der Waals surface area (Å²) >= 11 is 1.42. The Bertz CT molecular complexity index is 1120. The van der Waals surface area contributed by atoms with Crippen LogP contribution in [0.15, 0.2) is 78.2 Å². The van der Waals surface area contributed by atoms with Crippen molar-refractivity contribution in [2.75, 3.05) is 14.2 Å². The zero-order valence-corrected chi connectivity index (χ0v) is 19.0. The first-order chi connectivity index (χ1) is 16.0. The van der Waals surface area contributed by atoms with Crippen LogP contribution >= 0.6 is 11.3 Å². The monoisotopic (exact) mass is 464 g/mol. The fourth-order valence-corrected chi connectivity index (χ4v) is 5.38. The quantitative estimate of drug-likeness (QED) is 0.545. The minimum Gasteiger partial charge on any atom is -0.468 e. The maximum atomic E-state index is 13.6. The van der Waals surface area contributed by atoms with Gasteiger partial charge in [0.2, 0.25) is 0 Å². The second-order valence-corrected chi connectivity index (χ2v) is 8.66. The van der Waals surface area contributed by atoms with Gasteiger partial charge >= 0.3 is 11.9 Å². The highest BCUT2D eigenvalue weighted by molar-refractivity contribution is 7.10. The Kier molecular flexibility index (Phi) is 6.57. The van der Waals surface area contributed by atoms with Gasteiger partial charge < -0.3 is 14.8 Å². The molecule has 4 rings (SSSR count). The smallest absolute Gasteiger partial charge is 0.334 e. The lowest BCUT2D eigenvalue weighted by Crippen LogP contribution is -2.61. The van der Waals surface area contributed by atoms with Crippen molar-refractivity contribution in [2.45, 2.75) is 23.5 Å². The Morgan fingerprint density at radius 1 is 0.909 bits per heavy atom. The minimum atomic E-state index is -1.62. The van der Waals surface area contributed by atoms with E-state index in [2.05, 4.69) is 10.6 Å². The summed E-state index contributed by atoms with van der Waals surface area (Å²) in [6.07, 6.45) is 0. The van der Waals surface area contributed by atoms with Crippen LogP contribution in [-0.2, 0) is 19.1 Å². The molecule has 7 nitrogen and oxygen atoms in total. The molecular weight excluding hydrogens is 440 g/mol. The van der Waals surface area contributed by atoms with Gasteiger partial charge in [0, 0.05) is 16.4 Å². The summed E-state index contributed by atoms with van der Waals surface area (Å²) in [5.74, 6) is -2.43. The van der Waals surface area contributed by atoms with E-state index in [1.54, 1.807) is 30.3 Å². The maximum absolute atomic E-state index is 13.6. The molecule has 3 aromatic rings. The van der Waals surface area contributed by atoms with Gasteiger partial charge in [-0.2, -0.15) is 0 Å². The predicted octanol–water partition coefficient (Wildman–Crippen LogP) is 3.06. The number of nitrogens with one attached hydrogen (secondary N) is 2. The van der Waals surface area contributed by atoms with Crippen LogP contribution in [0.25, 0.3) is 0 Å². The van der Waals surface area contributed by atoms with Crippen LogP contribution in [0.2, 0.25) is 0 Å². The van der Waals surface area contributed by atoms with Crippen LogP contribution < -0.4 is 10.6 Å². The second-order valence-electron chi connectivity index (χ2n) is 7.69. The summed E-state index contributed by atoms with van der Waals surface area (Å²) in [4.78, 5) is 40.7. The van der Waals surface area contributed by atoms with Crippen LogP contribution in [0.3, 0.4) is 0 Å². The first kappa shape index (κ1) is 22.7. The molecule has 1 aromatic heterocycles. The van der Waals surface area contributed by atoms with Crippen molar-refractivity contribution in [1.82, 2.24) is 10.6 Å². The summed E-state index contributed by atoms with van der Waals surface area (Å²) in [6.45, 7) is 0. The molecule has 0 bridgehead atoms. The fourth-order valence-electron chi connectivity index (χ4n) is 4.52. The Hall–Kier alpha value is -3.49. The van der Waals surface area contributed by atoms with Crippen molar-refractivity contribution in [3.63, 3.8) is 0 Å². The molecule has 2 aromatic carbocycles. The van der Waals surface area contributed by atoms with E-state index in [4.69, 9.17) is 9.47 Å². The van der Waals surface area contributed by atoms with Crippen LogP contribution in [0.1, 0.15) is 32.8 Å². The number of ether oxygens (including phenoxy) is 2. The topological polar surface area (TPSA) is 93.7 Å². The molecule has 4 atom stereocenters. The second kappa shape index (κ2) is 9.56. The molecule has 4 unspecified atom stereocenters. The molecule has 1 amide bonds. The molecule has 8 heteroatoms. The van der Waals surface area contributed by atoms with Gasteiger partial charge in [-0.05, 0) is 29.1 Å². The van der Waals surface area contributed by atoms with E-state index in [1.807, 2.05) is 47.8 Å². The number of rotatable bonds is 6. The zero-order chi connectivity index (χ0) is 23.4.